The van der Waals surface area contributed by atoms with Crippen molar-refractivity contribution in [3.63, 3.8) is 0 Å². The minimum atomic E-state index is -2.56. The summed E-state index contributed by atoms with van der Waals surface area (Å²) in [7, 11) is 0. The third-order valence-corrected chi connectivity index (χ3v) is 2.37. The van der Waals surface area contributed by atoms with E-state index in [1.54, 1.807) is 24.3 Å². The monoisotopic (exact) mass is 212 g/mol. The summed E-state index contributed by atoms with van der Waals surface area (Å²) in [6.45, 7) is 0. The molecule has 0 heterocycles. The maximum Gasteiger partial charge on any atom is 0.255 e. The first kappa shape index (κ1) is 10.1. The fourth-order valence-electron chi connectivity index (χ4n) is 1.51. The average molecular weight is 212 g/mol. The molecule has 0 amide bonds. The van der Waals surface area contributed by atoms with E-state index >= 15 is 0 Å². The van der Waals surface area contributed by atoms with Gasteiger partial charge in [0.15, 0.2) is 0 Å². The van der Waals surface area contributed by atoms with E-state index in [1.165, 1.54) is 0 Å². The highest BCUT2D eigenvalue weighted by Gasteiger charge is 2.46. The number of carbonyl (C=O) groups is 1. The number of rotatable bonds is 3. The summed E-state index contributed by atoms with van der Waals surface area (Å²) in [4.78, 5) is 10.4. The molecule has 1 aromatic carbocycles. The van der Waals surface area contributed by atoms with Crippen LogP contribution < -0.4 is 4.74 Å². The second kappa shape index (κ2) is 3.61. The van der Waals surface area contributed by atoms with E-state index in [-0.39, 0.29) is 12.8 Å². The van der Waals surface area contributed by atoms with Crippen molar-refractivity contribution in [2.24, 2.45) is 0 Å². The number of aldehydes is 1. The Kier molecular flexibility index (Phi) is 2.42. The van der Waals surface area contributed by atoms with Gasteiger partial charge in [-0.25, -0.2) is 8.78 Å². The molecule has 0 radical (unpaired) electrons. The molecule has 0 spiro atoms. The van der Waals surface area contributed by atoms with Gasteiger partial charge in [-0.3, -0.25) is 4.79 Å². The first-order chi connectivity index (χ1) is 7.09. The molecule has 1 aliphatic carbocycles. The van der Waals surface area contributed by atoms with Crippen LogP contribution in [0.1, 0.15) is 23.2 Å². The Morgan fingerprint density at radius 1 is 1.27 bits per heavy atom. The first-order valence-corrected chi connectivity index (χ1v) is 4.69. The molecule has 0 unspecified atom stereocenters. The summed E-state index contributed by atoms with van der Waals surface area (Å²) in [6, 6.07) is 6.42. The minimum Gasteiger partial charge on any atom is -0.490 e. The summed E-state index contributed by atoms with van der Waals surface area (Å²) in [6.07, 6.45) is -0.117. The van der Waals surface area contributed by atoms with Crippen molar-refractivity contribution in [1.29, 1.82) is 0 Å². The Morgan fingerprint density at radius 2 is 1.87 bits per heavy atom. The zero-order valence-corrected chi connectivity index (χ0v) is 7.95. The van der Waals surface area contributed by atoms with Gasteiger partial charge in [-0.15, -0.1) is 0 Å². The zero-order chi connectivity index (χ0) is 10.9. The van der Waals surface area contributed by atoms with Gasteiger partial charge in [-0.05, 0) is 24.3 Å². The molecule has 80 valence electrons. The van der Waals surface area contributed by atoms with Gasteiger partial charge in [0, 0.05) is 18.4 Å². The molecule has 1 saturated carbocycles. The molecular weight excluding hydrogens is 202 g/mol. The van der Waals surface area contributed by atoms with Crippen LogP contribution in [0, 0.1) is 0 Å². The van der Waals surface area contributed by atoms with Crippen LogP contribution in [0.25, 0.3) is 0 Å². The van der Waals surface area contributed by atoms with Crippen LogP contribution in [0.5, 0.6) is 5.75 Å². The summed E-state index contributed by atoms with van der Waals surface area (Å²) >= 11 is 0. The highest BCUT2D eigenvalue weighted by Crippen LogP contribution is 2.39. The third-order valence-electron chi connectivity index (χ3n) is 2.37. The molecule has 0 saturated heterocycles. The number of ether oxygens (including phenoxy) is 1. The number of hydrogen-bond acceptors (Lipinski definition) is 2. The molecule has 1 fully saturated rings. The maximum absolute atomic E-state index is 12.5. The lowest BCUT2D eigenvalue weighted by molar-refractivity contribution is -0.134. The standard InChI is InChI=1S/C11H10F2O2/c12-11(13)5-10(6-11)15-9-3-1-8(7-14)2-4-9/h1-4,7,10H,5-6H2. The van der Waals surface area contributed by atoms with Crippen LogP contribution in [0.2, 0.25) is 0 Å². The predicted molar refractivity (Wildman–Crippen MR) is 50.4 cm³/mol. The van der Waals surface area contributed by atoms with Crippen molar-refractivity contribution in [1.82, 2.24) is 0 Å². The van der Waals surface area contributed by atoms with Crippen LogP contribution in [0.15, 0.2) is 24.3 Å². The van der Waals surface area contributed by atoms with Gasteiger partial charge in [-0.1, -0.05) is 0 Å². The smallest absolute Gasteiger partial charge is 0.255 e. The quantitative estimate of drug-likeness (QED) is 0.720. The average Bonchev–Trinajstić information content (AvgIpc) is 2.16. The molecule has 4 heteroatoms. The van der Waals surface area contributed by atoms with Gasteiger partial charge in [-0.2, -0.15) is 0 Å². The van der Waals surface area contributed by atoms with Crippen LogP contribution in [0.3, 0.4) is 0 Å². The van der Waals surface area contributed by atoms with Crippen LogP contribution in [-0.4, -0.2) is 18.3 Å². The van der Waals surface area contributed by atoms with Crippen LogP contribution in [-0.2, 0) is 0 Å². The molecule has 0 N–H and O–H groups in total. The summed E-state index contributed by atoms with van der Waals surface area (Å²) < 4.78 is 30.3. The van der Waals surface area contributed by atoms with Crippen molar-refractivity contribution < 1.29 is 18.3 Å². The molecule has 0 atom stereocenters. The van der Waals surface area contributed by atoms with Gasteiger partial charge in [0.25, 0.3) is 5.92 Å². The third kappa shape index (κ3) is 2.32. The largest absolute Gasteiger partial charge is 0.490 e. The van der Waals surface area contributed by atoms with Crippen molar-refractivity contribution in [2.45, 2.75) is 24.9 Å². The molecule has 2 nitrogen and oxygen atoms in total. The Balaban J connectivity index is 1.92. The first-order valence-electron chi connectivity index (χ1n) is 4.69. The van der Waals surface area contributed by atoms with Gasteiger partial charge >= 0.3 is 0 Å². The minimum absolute atomic E-state index is 0.220. The highest BCUT2D eigenvalue weighted by atomic mass is 19.3. The molecule has 0 aliphatic heterocycles. The van der Waals surface area contributed by atoms with Crippen molar-refractivity contribution in [3.8, 4) is 5.75 Å². The maximum atomic E-state index is 12.5. The molecule has 0 bridgehead atoms. The fraction of sp³-hybridized carbons (Fsp3) is 0.364. The molecule has 15 heavy (non-hydrogen) atoms. The molecule has 2 rings (SSSR count). The SMILES string of the molecule is O=Cc1ccc(OC2CC(F)(F)C2)cc1. The highest BCUT2D eigenvalue weighted by molar-refractivity contribution is 5.74. The Hall–Kier alpha value is -1.45. The van der Waals surface area contributed by atoms with E-state index in [1.807, 2.05) is 0 Å². The lowest BCUT2D eigenvalue weighted by atomic mass is 9.91. The second-order valence-electron chi connectivity index (χ2n) is 3.69. The van der Waals surface area contributed by atoms with E-state index in [0.717, 1.165) is 6.29 Å². The normalized spacial score (nSPS) is 19.3. The fourth-order valence-corrected chi connectivity index (χ4v) is 1.51. The van der Waals surface area contributed by atoms with Crippen LogP contribution >= 0.6 is 0 Å². The Bertz CT molecular complexity index is 351. The van der Waals surface area contributed by atoms with Crippen molar-refractivity contribution in [3.05, 3.63) is 29.8 Å². The Morgan fingerprint density at radius 3 is 2.33 bits per heavy atom. The topological polar surface area (TPSA) is 26.3 Å². The lowest BCUT2D eigenvalue weighted by Crippen LogP contribution is -2.43. The zero-order valence-electron chi connectivity index (χ0n) is 7.95. The van der Waals surface area contributed by atoms with E-state index < -0.39 is 12.0 Å². The summed E-state index contributed by atoms with van der Waals surface area (Å²) in [5, 5.41) is 0. The molecule has 1 aliphatic rings. The van der Waals surface area contributed by atoms with Gasteiger partial charge in [0.2, 0.25) is 0 Å². The lowest BCUT2D eigenvalue weighted by Gasteiger charge is -2.34. The van der Waals surface area contributed by atoms with Gasteiger partial charge in [0.05, 0.1) is 0 Å². The van der Waals surface area contributed by atoms with Crippen molar-refractivity contribution in [2.75, 3.05) is 0 Å². The van der Waals surface area contributed by atoms with E-state index in [9.17, 15) is 13.6 Å². The van der Waals surface area contributed by atoms with E-state index in [0.29, 0.717) is 11.3 Å². The van der Waals surface area contributed by atoms with Gasteiger partial charge < -0.3 is 4.74 Å². The molecular formula is C11H10F2O2. The van der Waals surface area contributed by atoms with Gasteiger partial charge in [0.1, 0.15) is 18.1 Å². The predicted octanol–water partition coefficient (Wildman–Crippen LogP) is 2.68. The second-order valence-corrected chi connectivity index (χ2v) is 3.69. The molecule has 1 aromatic rings. The summed E-state index contributed by atoms with van der Waals surface area (Å²) in [5.41, 5.74) is 0.543. The number of alkyl halides is 2. The number of benzene rings is 1. The summed E-state index contributed by atoms with van der Waals surface area (Å²) in [5.74, 6) is -2.03. The van der Waals surface area contributed by atoms with Crippen LogP contribution in [0.4, 0.5) is 8.78 Å². The number of hydrogen-bond donors (Lipinski definition) is 0. The van der Waals surface area contributed by atoms with E-state index in [2.05, 4.69) is 0 Å². The number of carbonyl (C=O) groups excluding carboxylic acids is 1. The van der Waals surface area contributed by atoms with Crippen molar-refractivity contribution >= 4 is 6.29 Å². The molecule has 0 aromatic heterocycles. The van der Waals surface area contributed by atoms with E-state index in [4.69, 9.17) is 4.74 Å². The Labute approximate surface area is 85.9 Å². The number of halogens is 2.